The van der Waals surface area contributed by atoms with Crippen LogP contribution in [0.2, 0.25) is 10.0 Å². The molecule has 1 atom stereocenters. The van der Waals surface area contributed by atoms with E-state index >= 15 is 0 Å². The van der Waals surface area contributed by atoms with E-state index in [9.17, 15) is 23.4 Å². The predicted octanol–water partition coefficient (Wildman–Crippen LogP) is 12.5. The molecule has 17 nitrogen and oxygen atoms in total. The summed E-state index contributed by atoms with van der Waals surface area (Å²) < 4.78 is 24.7. The summed E-state index contributed by atoms with van der Waals surface area (Å²) in [5, 5.41) is 35.2. The van der Waals surface area contributed by atoms with Gasteiger partial charge >= 0.3 is 0 Å². The van der Waals surface area contributed by atoms with Crippen molar-refractivity contribution in [1.29, 1.82) is 0 Å². The molecule has 25 heteroatoms. The van der Waals surface area contributed by atoms with E-state index in [1.54, 1.807) is 72.0 Å². The molecule has 0 N–H and O–H groups in total. The Morgan fingerprint density at radius 3 is 1.45 bits per heavy atom. The lowest BCUT2D eigenvalue weighted by atomic mass is 9.48. The first-order chi connectivity index (χ1) is 41.9. The summed E-state index contributed by atoms with van der Waals surface area (Å²) >= 11 is 19.7. The lowest BCUT2D eigenvalue weighted by Crippen LogP contribution is -2.50. The average Bonchev–Trinajstić information content (AvgIpc) is 1.33. The SMILES string of the molecule is COCc1nnc(SCC(=O)C23CC4CC(CC(C4)C2)C3)n1C.CSc1nnc(SCC(=O)C23CC4CC(CC(C4)C2)C3)s1.Cn1cnnc1S(=O)CC(=O)C1(c2ccc(Cl)cc2)CCC1.Cn1cnnc1SCC(=O)C1(c2ccc(Cl)cc2)CCC1. The number of methoxy groups -OCH3 is 1. The quantitative estimate of drug-likeness (QED) is 0.0613. The van der Waals surface area contributed by atoms with E-state index in [0.29, 0.717) is 50.6 Å². The largest absolute Gasteiger partial charge is 0.377 e. The normalized spacial score (nSPS) is 26.7. The maximum atomic E-state index is 13.0. The second-order valence-corrected chi connectivity index (χ2v) is 33.1. The van der Waals surface area contributed by atoms with Gasteiger partial charge in [-0.15, -0.1) is 40.8 Å². The van der Waals surface area contributed by atoms with E-state index in [2.05, 4.69) is 40.8 Å². The van der Waals surface area contributed by atoms with Crippen molar-refractivity contribution in [1.82, 2.24) is 54.5 Å². The molecular formula is C62H77Cl2N11O6S6. The molecule has 0 amide bonds. The van der Waals surface area contributed by atoms with E-state index in [-0.39, 0.29) is 33.6 Å². The van der Waals surface area contributed by atoms with Crippen LogP contribution in [0.3, 0.4) is 0 Å². The second-order valence-electron chi connectivity index (χ2n) is 25.7. The Morgan fingerprint density at radius 1 is 0.575 bits per heavy atom. The Kier molecular flexibility index (Phi) is 20.8. The van der Waals surface area contributed by atoms with Crippen molar-refractivity contribution in [3.8, 4) is 0 Å². The number of Topliss-reactive ketones (excluding diaryl/α,β-unsaturated/α-hetero) is 4. The Bertz CT molecular complexity index is 3360. The number of halogens is 2. The zero-order chi connectivity index (χ0) is 61.1. The van der Waals surface area contributed by atoms with Crippen LogP contribution in [0.1, 0.15) is 133 Å². The van der Waals surface area contributed by atoms with Crippen LogP contribution in [0.15, 0.2) is 85.3 Å². The minimum absolute atomic E-state index is 0.00223. The molecular weight excluding hydrogens is 1260 g/mol. The number of rotatable bonds is 21. The van der Waals surface area contributed by atoms with Crippen LogP contribution in [-0.4, -0.2) is 118 Å². The van der Waals surface area contributed by atoms with E-state index in [1.807, 2.05) is 65.9 Å². The molecule has 10 aliphatic rings. The van der Waals surface area contributed by atoms with E-state index < -0.39 is 16.2 Å². The van der Waals surface area contributed by atoms with Crippen molar-refractivity contribution in [3.05, 3.63) is 88.2 Å². The number of ether oxygens (including phenoxy) is 1. The number of benzene rings is 2. The Labute approximate surface area is 543 Å². The van der Waals surface area contributed by atoms with Crippen LogP contribution >= 0.6 is 81.6 Å². The molecule has 0 aliphatic heterocycles. The van der Waals surface area contributed by atoms with Crippen molar-refractivity contribution in [2.24, 2.45) is 67.5 Å². The molecule has 10 fully saturated rings. The lowest BCUT2D eigenvalue weighted by Gasteiger charge is -2.56. The minimum atomic E-state index is -1.47. The van der Waals surface area contributed by atoms with Crippen LogP contribution in [0, 0.1) is 46.3 Å². The van der Waals surface area contributed by atoms with Gasteiger partial charge in [-0.3, -0.25) is 23.4 Å². The van der Waals surface area contributed by atoms with Gasteiger partial charge in [-0.25, -0.2) is 0 Å². The minimum Gasteiger partial charge on any atom is -0.377 e. The van der Waals surface area contributed by atoms with Crippen molar-refractivity contribution in [3.63, 3.8) is 0 Å². The van der Waals surface area contributed by atoms with Gasteiger partial charge < -0.3 is 18.4 Å². The zero-order valence-electron chi connectivity index (χ0n) is 50.1. The van der Waals surface area contributed by atoms with Crippen LogP contribution < -0.4 is 0 Å². The van der Waals surface area contributed by atoms with Gasteiger partial charge in [0.1, 0.15) is 30.8 Å². The third kappa shape index (κ3) is 14.3. The Morgan fingerprint density at radius 2 is 1.02 bits per heavy atom. The fourth-order valence-electron chi connectivity index (χ4n) is 16.1. The fourth-order valence-corrected chi connectivity index (χ4v) is 21.8. The molecule has 1 unspecified atom stereocenters. The van der Waals surface area contributed by atoms with Crippen LogP contribution in [-0.2, 0) is 73.3 Å². The van der Waals surface area contributed by atoms with Crippen molar-refractivity contribution in [2.45, 2.75) is 157 Å². The van der Waals surface area contributed by atoms with E-state index in [4.69, 9.17) is 27.9 Å². The summed E-state index contributed by atoms with van der Waals surface area (Å²) in [5.41, 5.74) is 1.24. The number of aromatic nitrogens is 11. The van der Waals surface area contributed by atoms with Gasteiger partial charge in [0.15, 0.2) is 36.4 Å². The summed E-state index contributed by atoms with van der Waals surface area (Å²) in [4.78, 5) is 51.4. The highest BCUT2D eigenvalue weighted by atomic mass is 35.5. The Balaban J connectivity index is 0.000000120. The number of ketones is 4. The van der Waals surface area contributed by atoms with Crippen molar-refractivity contribution in [2.75, 3.05) is 36.4 Å². The van der Waals surface area contributed by atoms with Gasteiger partial charge in [-0.1, -0.05) is 119 Å². The third-order valence-electron chi connectivity index (χ3n) is 20.1. The van der Waals surface area contributed by atoms with Gasteiger partial charge in [0.05, 0.1) is 44.6 Å². The predicted molar refractivity (Wildman–Crippen MR) is 344 cm³/mol. The summed E-state index contributed by atoms with van der Waals surface area (Å²) in [6.45, 7) is 0.451. The molecule has 466 valence electrons. The summed E-state index contributed by atoms with van der Waals surface area (Å²) in [6, 6.07) is 15.1. The number of carbonyl (C=O) groups is 4. The number of hydrogen-bond acceptors (Lipinski definition) is 19. The average molecular weight is 1340 g/mol. The van der Waals surface area contributed by atoms with Crippen LogP contribution in [0.5, 0.6) is 0 Å². The molecule has 4 aromatic heterocycles. The molecule has 2 aromatic carbocycles. The first-order valence-corrected chi connectivity index (χ1v) is 37.3. The standard InChI is InChI=1S/C17H25N3O2S.C15H16ClN3O2S.C15H16ClN3OS.C15H20N2OS3/c1-20-15(9-22-2)18-19-16(20)23-10-14(21)17-6-11-3-12(7-17)5-13(4-11)8-17;1-19-10-17-18-14(19)22(21)9-13(20)15(7-2-8-15)11-3-5-12(16)6-4-11;1-19-10-17-18-14(19)21-9-13(20)15(7-2-8-15)11-3-5-12(16)6-4-11;1-19-13-16-17-14(21-13)20-8-12(18)15-5-9-2-10(6-15)4-11(3-9)7-15/h11-13H,3-10H2,1-2H3;3-6,10H,2,7-9H2,1H3;3-6,10H,2,7-9H2,1H3;9-11H,2-8H2,1H3. The molecule has 10 saturated carbocycles. The maximum absolute atomic E-state index is 13.0. The smallest absolute Gasteiger partial charge is 0.221 e. The second kappa shape index (κ2) is 28.0. The van der Waals surface area contributed by atoms with E-state index in [1.165, 1.54) is 87.6 Å². The van der Waals surface area contributed by atoms with Crippen LogP contribution in [0.25, 0.3) is 0 Å². The summed E-state index contributed by atoms with van der Waals surface area (Å²) in [7, 11) is 5.71. The third-order valence-corrected chi connectivity index (χ3v) is 27.0. The highest BCUT2D eigenvalue weighted by Gasteiger charge is 2.56. The highest BCUT2D eigenvalue weighted by Crippen LogP contribution is 2.62. The van der Waals surface area contributed by atoms with Gasteiger partial charge in [0, 0.05) is 49.1 Å². The molecule has 0 saturated heterocycles. The summed E-state index contributed by atoms with van der Waals surface area (Å²) in [5.74, 6) is 8.52. The van der Waals surface area contributed by atoms with Gasteiger partial charge in [-0.05, 0) is 180 Å². The van der Waals surface area contributed by atoms with Gasteiger partial charge in [0.25, 0.3) is 0 Å². The first kappa shape index (κ1) is 64.7. The van der Waals surface area contributed by atoms with Gasteiger partial charge in [0.2, 0.25) is 5.16 Å². The monoisotopic (exact) mass is 1330 g/mol. The van der Waals surface area contributed by atoms with Crippen molar-refractivity contribution >= 4 is 116 Å². The number of nitrogens with zero attached hydrogens (tertiary/aromatic N) is 11. The topological polar surface area (TPSA) is 212 Å². The fraction of sp³-hybridized carbons (Fsp3) is 0.613. The lowest BCUT2D eigenvalue weighted by molar-refractivity contribution is -0.141. The molecule has 87 heavy (non-hydrogen) atoms. The Hall–Kier alpha value is -3.81. The molecule has 10 aliphatic carbocycles. The highest BCUT2D eigenvalue weighted by molar-refractivity contribution is 8.03. The number of hydrogen-bond donors (Lipinski definition) is 0. The van der Waals surface area contributed by atoms with Gasteiger partial charge in [-0.2, -0.15) is 0 Å². The molecule has 6 aromatic rings. The molecule has 0 spiro atoms. The number of aryl methyl sites for hydroxylation is 2. The maximum Gasteiger partial charge on any atom is 0.221 e. The van der Waals surface area contributed by atoms with Crippen molar-refractivity contribution < 1.29 is 28.1 Å². The summed E-state index contributed by atoms with van der Waals surface area (Å²) in [6.07, 6.45) is 25.9. The number of thioether (sulfide) groups is 4. The first-order valence-electron chi connectivity index (χ1n) is 30.3. The van der Waals surface area contributed by atoms with E-state index in [0.717, 1.165) is 129 Å². The van der Waals surface area contributed by atoms with Crippen LogP contribution in [0.4, 0.5) is 0 Å². The molecule has 8 bridgehead atoms. The molecule has 0 radical (unpaired) electrons. The zero-order valence-corrected chi connectivity index (χ0v) is 56.5. The molecule has 4 heterocycles. The molecule has 16 rings (SSSR count). The number of carbonyl (C=O) groups excluding carboxylic acids is 4.